The summed E-state index contributed by atoms with van der Waals surface area (Å²) in [6.07, 6.45) is 0.962. The molecule has 0 saturated carbocycles. The van der Waals surface area contributed by atoms with Crippen LogP contribution in [0.4, 0.5) is 5.69 Å². The molecule has 0 aliphatic heterocycles. The number of amides is 1. The smallest absolute Gasteiger partial charge is 0.272 e. The number of benzene rings is 2. The zero-order valence-electron chi connectivity index (χ0n) is 14.8. The van der Waals surface area contributed by atoms with E-state index in [4.69, 9.17) is 0 Å². The van der Waals surface area contributed by atoms with E-state index >= 15 is 0 Å². The minimum absolute atomic E-state index is 0.184. The van der Waals surface area contributed by atoms with Gasteiger partial charge in [0.2, 0.25) is 0 Å². The van der Waals surface area contributed by atoms with Gasteiger partial charge in [-0.1, -0.05) is 25.1 Å². The Morgan fingerprint density at radius 2 is 1.96 bits per heavy atom. The third-order valence-corrected chi connectivity index (χ3v) is 4.62. The minimum atomic E-state index is -0.184. The molecule has 1 N–H and O–H groups in total. The normalized spacial score (nSPS) is 10.6. The van der Waals surface area contributed by atoms with Crippen LogP contribution in [0.3, 0.4) is 0 Å². The number of rotatable bonds is 4. The topological polar surface area (TPSA) is 57.8 Å². The molecule has 4 nitrogen and oxygen atoms in total. The molecule has 0 unspecified atom stereocenters. The summed E-state index contributed by atoms with van der Waals surface area (Å²) in [5, 5.41) is 13.2. The van der Waals surface area contributed by atoms with Gasteiger partial charge in [0.15, 0.2) is 0 Å². The van der Waals surface area contributed by atoms with E-state index < -0.39 is 0 Å². The van der Waals surface area contributed by atoms with Gasteiger partial charge in [0.05, 0.1) is 11.3 Å². The highest BCUT2D eigenvalue weighted by atomic mass is 16.2. The number of para-hydroxylation sites is 1. The van der Waals surface area contributed by atoms with E-state index in [0.29, 0.717) is 23.5 Å². The predicted octanol–water partition coefficient (Wildman–Crippen LogP) is 4.66. The van der Waals surface area contributed by atoms with Gasteiger partial charge >= 0.3 is 0 Å². The maximum Gasteiger partial charge on any atom is 0.272 e. The molecule has 3 rings (SSSR count). The van der Waals surface area contributed by atoms with Gasteiger partial charge in [0.25, 0.3) is 5.91 Å². The SMILES string of the molecule is CCc1ccc2c(c1)c(C)c(C(=O)Nc1ccccc1C#N)n2CC. The van der Waals surface area contributed by atoms with E-state index in [1.807, 2.05) is 24.5 Å². The number of carbonyl (C=O) groups is 1. The first-order valence-corrected chi connectivity index (χ1v) is 8.52. The van der Waals surface area contributed by atoms with Crippen LogP contribution in [0.1, 0.15) is 41.0 Å². The summed E-state index contributed by atoms with van der Waals surface area (Å²) in [4.78, 5) is 13.0. The summed E-state index contributed by atoms with van der Waals surface area (Å²) < 4.78 is 2.04. The Balaban J connectivity index is 2.10. The molecule has 0 atom stereocenters. The van der Waals surface area contributed by atoms with Crippen molar-refractivity contribution in [1.82, 2.24) is 4.57 Å². The lowest BCUT2D eigenvalue weighted by Gasteiger charge is -2.11. The van der Waals surface area contributed by atoms with Crippen LogP contribution >= 0.6 is 0 Å². The van der Waals surface area contributed by atoms with Gasteiger partial charge in [-0.05, 0) is 55.7 Å². The molecule has 1 heterocycles. The standard InChI is InChI=1S/C21H21N3O/c1-4-15-10-11-19-17(12-15)14(3)20(24(19)5-2)21(25)23-18-9-7-6-8-16(18)13-22/h6-12H,4-5H2,1-3H3,(H,23,25). The zero-order chi connectivity index (χ0) is 18.0. The van der Waals surface area contributed by atoms with E-state index in [1.54, 1.807) is 18.2 Å². The van der Waals surface area contributed by atoms with Crippen molar-refractivity contribution in [2.75, 3.05) is 5.32 Å². The number of fused-ring (bicyclic) bond motifs is 1. The third-order valence-electron chi connectivity index (χ3n) is 4.62. The first kappa shape index (κ1) is 16.8. The molecule has 1 amide bonds. The molecule has 0 aliphatic carbocycles. The van der Waals surface area contributed by atoms with Gasteiger partial charge in [-0.25, -0.2) is 0 Å². The van der Waals surface area contributed by atoms with Crippen molar-refractivity contribution in [3.8, 4) is 6.07 Å². The van der Waals surface area contributed by atoms with Crippen molar-refractivity contribution >= 4 is 22.5 Å². The van der Waals surface area contributed by atoms with Crippen molar-refractivity contribution < 1.29 is 4.79 Å². The number of nitrogens with one attached hydrogen (secondary N) is 1. The van der Waals surface area contributed by atoms with Crippen molar-refractivity contribution in [2.24, 2.45) is 0 Å². The molecule has 25 heavy (non-hydrogen) atoms. The zero-order valence-corrected chi connectivity index (χ0v) is 14.8. The quantitative estimate of drug-likeness (QED) is 0.756. The molecular formula is C21H21N3O. The fourth-order valence-electron chi connectivity index (χ4n) is 3.28. The van der Waals surface area contributed by atoms with E-state index in [1.165, 1.54) is 5.56 Å². The Morgan fingerprint density at radius 1 is 1.20 bits per heavy atom. The maximum atomic E-state index is 13.0. The van der Waals surface area contributed by atoms with Crippen LogP contribution in [0.25, 0.3) is 10.9 Å². The summed E-state index contributed by atoms with van der Waals surface area (Å²) >= 11 is 0. The second-order valence-electron chi connectivity index (χ2n) is 6.03. The van der Waals surface area contributed by atoms with Gasteiger partial charge < -0.3 is 9.88 Å². The van der Waals surface area contributed by atoms with Crippen LogP contribution in [0, 0.1) is 18.3 Å². The van der Waals surface area contributed by atoms with Gasteiger partial charge in [-0.2, -0.15) is 5.26 Å². The second kappa shape index (κ2) is 6.82. The Labute approximate surface area is 147 Å². The Morgan fingerprint density at radius 3 is 2.64 bits per heavy atom. The van der Waals surface area contributed by atoms with Crippen LogP contribution in [0.15, 0.2) is 42.5 Å². The van der Waals surface area contributed by atoms with Crippen LogP contribution in [-0.4, -0.2) is 10.5 Å². The number of aromatic nitrogens is 1. The third kappa shape index (κ3) is 2.89. The number of hydrogen-bond acceptors (Lipinski definition) is 2. The lowest BCUT2D eigenvalue weighted by Crippen LogP contribution is -2.18. The summed E-state index contributed by atoms with van der Waals surface area (Å²) in [5.74, 6) is -0.184. The van der Waals surface area contributed by atoms with Gasteiger partial charge in [-0.3, -0.25) is 4.79 Å². The van der Waals surface area contributed by atoms with Crippen molar-refractivity contribution in [1.29, 1.82) is 5.26 Å². The molecule has 126 valence electrons. The molecule has 2 aromatic carbocycles. The average Bonchev–Trinajstić information content (AvgIpc) is 2.93. The average molecular weight is 331 g/mol. The predicted molar refractivity (Wildman–Crippen MR) is 101 cm³/mol. The minimum Gasteiger partial charge on any atom is -0.337 e. The molecule has 1 aromatic heterocycles. The molecule has 0 radical (unpaired) electrons. The highest BCUT2D eigenvalue weighted by molar-refractivity contribution is 6.08. The fraction of sp³-hybridized carbons (Fsp3) is 0.238. The lowest BCUT2D eigenvalue weighted by molar-refractivity contribution is 0.101. The highest BCUT2D eigenvalue weighted by Gasteiger charge is 2.20. The molecule has 3 aromatic rings. The van der Waals surface area contributed by atoms with Crippen LogP contribution in [-0.2, 0) is 13.0 Å². The molecule has 0 saturated heterocycles. The largest absolute Gasteiger partial charge is 0.337 e. The van der Waals surface area contributed by atoms with Crippen LogP contribution in [0.5, 0.6) is 0 Å². The van der Waals surface area contributed by atoms with E-state index in [0.717, 1.165) is 22.9 Å². The first-order valence-electron chi connectivity index (χ1n) is 8.52. The maximum absolute atomic E-state index is 13.0. The van der Waals surface area contributed by atoms with Gasteiger partial charge in [-0.15, -0.1) is 0 Å². The number of nitrogens with zero attached hydrogens (tertiary/aromatic N) is 2. The van der Waals surface area contributed by atoms with E-state index in [9.17, 15) is 10.1 Å². The van der Waals surface area contributed by atoms with E-state index in [-0.39, 0.29) is 5.91 Å². The molecule has 0 aliphatic rings. The summed E-state index contributed by atoms with van der Waals surface area (Å²) in [7, 11) is 0. The fourth-order valence-corrected chi connectivity index (χ4v) is 3.28. The summed E-state index contributed by atoms with van der Waals surface area (Å²) in [5.41, 5.74) is 4.94. The van der Waals surface area contributed by atoms with Crippen molar-refractivity contribution in [3.63, 3.8) is 0 Å². The molecule has 4 heteroatoms. The Hall–Kier alpha value is -3.06. The van der Waals surface area contributed by atoms with Crippen LogP contribution < -0.4 is 5.32 Å². The number of aryl methyl sites for hydroxylation is 3. The second-order valence-corrected chi connectivity index (χ2v) is 6.03. The van der Waals surface area contributed by atoms with Gasteiger partial charge in [0, 0.05) is 17.4 Å². The lowest BCUT2D eigenvalue weighted by atomic mass is 10.1. The Kier molecular flexibility index (Phi) is 4.58. The monoisotopic (exact) mass is 331 g/mol. The molecule has 0 spiro atoms. The van der Waals surface area contributed by atoms with Crippen molar-refractivity contribution in [2.45, 2.75) is 33.7 Å². The summed E-state index contributed by atoms with van der Waals surface area (Å²) in [6, 6.07) is 15.5. The molecule has 0 bridgehead atoms. The van der Waals surface area contributed by atoms with Crippen LogP contribution in [0.2, 0.25) is 0 Å². The number of carbonyl (C=O) groups excluding carboxylic acids is 1. The molecular weight excluding hydrogens is 310 g/mol. The number of anilines is 1. The summed E-state index contributed by atoms with van der Waals surface area (Å²) in [6.45, 7) is 6.85. The Bertz CT molecular complexity index is 992. The van der Waals surface area contributed by atoms with Gasteiger partial charge in [0.1, 0.15) is 11.8 Å². The molecule has 0 fully saturated rings. The first-order chi connectivity index (χ1) is 12.1. The van der Waals surface area contributed by atoms with Crippen molar-refractivity contribution in [3.05, 3.63) is 64.8 Å². The van der Waals surface area contributed by atoms with E-state index in [2.05, 4.69) is 36.5 Å². The highest BCUT2D eigenvalue weighted by Crippen LogP contribution is 2.28. The number of nitriles is 1. The number of hydrogen-bond donors (Lipinski definition) is 1.